The largest absolute Gasteiger partial charge is 4.00 e. The summed E-state index contributed by atoms with van der Waals surface area (Å²) >= 11 is 0. The molecule has 3 aromatic carbocycles. The van der Waals surface area contributed by atoms with Crippen molar-refractivity contribution < 1.29 is 58.9 Å². The Bertz CT molecular complexity index is 1560. The molecule has 0 unspecified atom stereocenters. The zero-order valence-electron chi connectivity index (χ0n) is 38.2. The van der Waals surface area contributed by atoms with Gasteiger partial charge in [0.25, 0.3) is 0 Å². The number of halogens is 3. The Hall–Kier alpha value is -1.06. The number of rotatable bonds is 5. The molecule has 0 aromatic heterocycles. The van der Waals surface area contributed by atoms with Crippen molar-refractivity contribution in [3.8, 4) is 0 Å². The van der Waals surface area contributed by atoms with E-state index in [2.05, 4.69) is 205 Å². The Morgan fingerprint density at radius 3 is 0.818 bits per heavy atom. The van der Waals surface area contributed by atoms with Crippen LogP contribution in [0, 0.1) is 12.0 Å². The van der Waals surface area contributed by atoms with Gasteiger partial charge in [0, 0.05) is 0 Å². The fourth-order valence-electron chi connectivity index (χ4n) is 7.48. The van der Waals surface area contributed by atoms with Gasteiger partial charge in [-0.2, -0.15) is 6.08 Å². The molecule has 55 heavy (non-hydrogen) atoms. The van der Waals surface area contributed by atoms with Crippen LogP contribution in [0.4, 0.5) is 0 Å². The third-order valence-corrected chi connectivity index (χ3v) is 16.1. The van der Waals surface area contributed by atoms with Gasteiger partial charge in [-0.3, -0.25) is 6.08 Å². The van der Waals surface area contributed by atoms with Crippen molar-refractivity contribution in [2.24, 2.45) is 5.92 Å². The third-order valence-electron chi connectivity index (χ3n) is 11.2. The van der Waals surface area contributed by atoms with Crippen LogP contribution in [-0.4, -0.2) is 8.07 Å². The van der Waals surface area contributed by atoms with Crippen LogP contribution >= 0.6 is 0 Å². The minimum atomic E-state index is -2.99. The first-order valence-corrected chi connectivity index (χ1v) is 21.7. The molecule has 0 N–H and O–H groups in total. The summed E-state index contributed by atoms with van der Waals surface area (Å²) in [6.45, 7) is 47.8. The molecule has 0 spiro atoms. The van der Waals surface area contributed by atoms with Gasteiger partial charge in [-0.05, 0) is 65.9 Å². The molecule has 4 rings (SSSR count). The van der Waals surface area contributed by atoms with Crippen LogP contribution in [0.1, 0.15) is 178 Å². The van der Waals surface area contributed by atoms with Gasteiger partial charge in [0.1, 0.15) is 0 Å². The molecule has 0 atom stereocenters. The Balaban J connectivity index is 0.00000729. The molecule has 0 amide bonds. The molecule has 0 nitrogen and oxygen atoms in total. The van der Waals surface area contributed by atoms with Crippen LogP contribution in [-0.2, 0) is 54.2 Å². The van der Waals surface area contributed by atoms with Crippen molar-refractivity contribution in [2.75, 3.05) is 0 Å². The second-order valence-electron chi connectivity index (χ2n) is 22.2. The minimum Gasteiger partial charge on any atom is -1.00 e. The minimum absolute atomic E-state index is 0. The third kappa shape index (κ3) is 11.6. The molecular weight excluding hydrogens is 783 g/mol. The number of benzene rings is 3. The van der Waals surface area contributed by atoms with Crippen LogP contribution in [0.5, 0.6) is 0 Å². The van der Waals surface area contributed by atoms with Gasteiger partial charge in [0.15, 0.2) is 0 Å². The van der Waals surface area contributed by atoms with E-state index in [0.717, 1.165) is 6.42 Å². The van der Waals surface area contributed by atoms with Gasteiger partial charge in [-0.15, -0.1) is 0 Å². The molecule has 3 aromatic rings. The summed E-state index contributed by atoms with van der Waals surface area (Å²) in [5.41, 5.74) is 9.96. The van der Waals surface area contributed by atoms with Gasteiger partial charge in [-0.1, -0.05) is 221 Å². The molecular formula is C50H73Cl3SiTi. The summed E-state index contributed by atoms with van der Waals surface area (Å²) in [5, 5.41) is 6.16. The van der Waals surface area contributed by atoms with Gasteiger partial charge in [0.2, 0.25) is 0 Å². The monoisotopic (exact) mass is 854 g/mol. The van der Waals surface area contributed by atoms with E-state index in [1.807, 2.05) is 0 Å². The van der Waals surface area contributed by atoms with Gasteiger partial charge < -0.3 is 37.2 Å². The summed E-state index contributed by atoms with van der Waals surface area (Å²) in [6, 6.07) is 23.4. The predicted molar refractivity (Wildman–Crippen MR) is 230 cm³/mol. The van der Waals surface area contributed by atoms with Crippen molar-refractivity contribution in [2.45, 2.75) is 177 Å². The molecule has 1 aliphatic rings. The first-order chi connectivity index (χ1) is 22.9. The second kappa shape index (κ2) is 18.1. The van der Waals surface area contributed by atoms with Crippen LogP contribution in [0.3, 0.4) is 0 Å². The maximum absolute atomic E-state index is 3.88. The van der Waals surface area contributed by atoms with Crippen LogP contribution in [0.2, 0.25) is 0 Å². The summed E-state index contributed by atoms with van der Waals surface area (Å²) in [4.78, 5) is 0. The number of hydrogen-bond donors (Lipinski definition) is 0. The van der Waals surface area contributed by atoms with E-state index < -0.39 is 8.07 Å². The Morgan fingerprint density at radius 1 is 0.418 bits per heavy atom. The number of allylic oxidation sites excluding steroid dienone is 4. The fourth-order valence-corrected chi connectivity index (χ4v) is 12.9. The zero-order chi connectivity index (χ0) is 38.9. The van der Waals surface area contributed by atoms with E-state index in [1.54, 1.807) is 5.20 Å². The van der Waals surface area contributed by atoms with Crippen molar-refractivity contribution in [1.82, 2.24) is 0 Å². The van der Waals surface area contributed by atoms with Crippen molar-refractivity contribution in [3.05, 3.63) is 111 Å². The van der Waals surface area contributed by atoms with Crippen molar-refractivity contribution in [3.63, 3.8) is 0 Å². The van der Waals surface area contributed by atoms with Crippen LogP contribution in [0.25, 0.3) is 0 Å². The first kappa shape index (κ1) is 53.9. The smallest absolute Gasteiger partial charge is 1.00 e. The standard InChI is InChI=1S/C50H73Si.3ClH.Ti/c1-33(2)43-22-21-23-44(43)51(40-27-34(45(3,4)5)24-35(28-40)46(6,7)8,41-29-36(47(9,10)11)25-37(30-41)48(12,13)14)42-31-38(49(15,16)17)26-39(32-42)50(18,19)20;;;;/h21,24-33H,23H2,1-20H3;3*1H;/q-1;;;;+4/p-3. The van der Waals surface area contributed by atoms with E-state index in [9.17, 15) is 0 Å². The fraction of sp³-hybridized carbons (Fsp3) is 0.560. The molecule has 0 aliphatic heterocycles. The molecule has 302 valence electrons. The van der Waals surface area contributed by atoms with Gasteiger partial charge in [-0.25, -0.2) is 10.8 Å². The van der Waals surface area contributed by atoms with E-state index in [4.69, 9.17) is 0 Å². The molecule has 0 bridgehead atoms. The van der Waals surface area contributed by atoms with Crippen molar-refractivity contribution >= 4 is 23.6 Å². The first-order valence-electron chi connectivity index (χ1n) is 19.7. The molecule has 1 aliphatic carbocycles. The topological polar surface area (TPSA) is 0 Å². The molecule has 0 fully saturated rings. The normalized spacial score (nSPS) is 14.3. The van der Waals surface area contributed by atoms with Gasteiger partial charge >= 0.3 is 21.7 Å². The number of hydrogen-bond acceptors (Lipinski definition) is 0. The average molecular weight is 856 g/mol. The van der Waals surface area contributed by atoms with E-state index in [0.29, 0.717) is 5.92 Å². The Morgan fingerprint density at radius 2 is 0.636 bits per heavy atom. The van der Waals surface area contributed by atoms with E-state index >= 15 is 0 Å². The summed E-state index contributed by atoms with van der Waals surface area (Å²) in [7, 11) is -2.99. The van der Waals surface area contributed by atoms with Crippen LogP contribution in [0.15, 0.2) is 71.4 Å². The maximum Gasteiger partial charge on any atom is 4.00 e. The molecule has 0 heterocycles. The Labute approximate surface area is 374 Å². The van der Waals surface area contributed by atoms with E-state index in [-0.39, 0.29) is 91.4 Å². The quantitative estimate of drug-likeness (QED) is 0.211. The molecule has 0 saturated carbocycles. The summed E-state index contributed by atoms with van der Waals surface area (Å²) in [5.74, 6) is 0.374. The predicted octanol–water partition coefficient (Wildman–Crippen LogP) is 3.21. The summed E-state index contributed by atoms with van der Waals surface area (Å²) in [6.07, 6.45) is 7.17. The molecule has 0 saturated heterocycles. The maximum atomic E-state index is 3.88. The Kier molecular flexibility index (Phi) is 17.7. The molecule has 0 radical (unpaired) electrons. The van der Waals surface area contributed by atoms with Crippen molar-refractivity contribution in [1.29, 1.82) is 0 Å². The SMILES string of the molecule is CC(C)C1=C([Si](c2cc(C(C)(C)C)cc(C(C)(C)C)c2)(c2cc(C(C)(C)C)cc(C(C)(C)C)c2)c2cc(C(C)(C)C)cc(C(C)(C)C)c2)CC=[C-]1.[Cl-].[Cl-].[Cl-].[Ti+4]. The summed E-state index contributed by atoms with van der Waals surface area (Å²) < 4.78 is 0. The zero-order valence-corrected chi connectivity index (χ0v) is 43.0. The van der Waals surface area contributed by atoms with E-state index in [1.165, 1.54) is 54.5 Å². The second-order valence-corrected chi connectivity index (χ2v) is 26.1. The van der Waals surface area contributed by atoms with Gasteiger partial charge in [0.05, 0.1) is 8.07 Å². The molecule has 5 heteroatoms. The average Bonchev–Trinajstić information content (AvgIpc) is 3.45. The van der Waals surface area contributed by atoms with Crippen LogP contribution < -0.4 is 52.8 Å².